The molecule has 6 heteroatoms. The molecule has 24 heavy (non-hydrogen) atoms. The molecule has 1 aromatic heterocycles. The second-order valence-electron chi connectivity index (χ2n) is 6.37. The number of nitrogens with one attached hydrogen (secondary N) is 1. The average molecular weight is 331 g/mol. The van der Waals surface area contributed by atoms with Crippen LogP contribution in [0.2, 0.25) is 0 Å². The number of rotatable bonds is 6. The monoisotopic (exact) mass is 331 g/mol. The van der Waals surface area contributed by atoms with Gasteiger partial charge in [0.15, 0.2) is 0 Å². The van der Waals surface area contributed by atoms with Gasteiger partial charge in [-0.3, -0.25) is 9.48 Å². The van der Waals surface area contributed by atoms with Gasteiger partial charge in [0.2, 0.25) is 5.91 Å². The molecule has 0 unspecified atom stereocenters. The van der Waals surface area contributed by atoms with Crippen LogP contribution in [0, 0.1) is 6.92 Å². The highest BCUT2D eigenvalue weighted by molar-refractivity contribution is 5.83. The van der Waals surface area contributed by atoms with E-state index in [0.29, 0.717) is 13.2 Å². The molecule has 0 spiro atoms. The van der Waals surface area contributed by atoms with Crippen LogP contribution in [0.1, 0.15) is 30.5 Å². The van der Waals surface area contributed by atoms with Crippen molar-refractivity contribution >= 4 is 16.8 Å². The van der Waals surface area contributed by atoms with Gasteiger partial charge in [0, 0.05) is 19.0 Å². The van der Waals surface area contributed by atoms with E-state index in [-0.39, 0.29) is 18.6 Å². The lowest BCUT2D eigenvalue weighted by atomic mass is 10.1. The molecule has 130 valence electrons. The minimum Gasteiger partial charge on any atom is -0.376 e. The normalized spacial score (nSPS) is 18.0. The van der Waals surface area contributed by atoms with Gasteiger partial charge < -0.3 is 14.8 Å². The minimum atomic E-state index is -0.128. The highest BCUT2D eigenvalue weighted by atomic mass is 16.5. The minimum absolute atomic E-state index is 0.0592. The molecule has 1 aliphatic rings. The van der Waals surface area contributed by atoms with Crippen LogP contribution < -0.4 is 5.32 Å². The van der Waals surface area contributed by atoms with E-state index in [1.165, 1.54) is 12.0 Å². The van der Waals surface area contributed by atoms with Crippen LogP contribution in [0.25, 0.3) is 10.9 Å². The molecule has 1 amide bonds. The summed E-state index contributed by atoms with van der Waals surface area (Å²) in [7, 11) is 1.91. The molecule has 1 aliphatic heterocycles. The maximum absolute atomic E-state index is 12.0. The topological polar surface area (TPSA) is 65.4 Å². The van der Waals surface area contributed by atoms with Crippen LogP contribution in [0.5, 0.6) is 0 Å². The Morgan fingerprint density at radius 1 is 1.46 bits per heavy atom. The molecular weight excluding hydrogens is 306 g/mol. The lowest BCUT2D eigenvalue weighted by Crippen LogP contribution is -2.30. The number of benzene rings is 1. The fourth-order valence-corrected chi connectivity index (χ4v) is 3.04. The maximum Gasteiger partial charge on any atom is 0.246 e. The fraction of sp³-hybridized carbons (Fsp3) is 0.556. The van der Waals surface area contributed by atoms with Crippen molar-refractivity contribution in [3.63, 3.8) is 0 Å². The zero-order valence-electron chi connectivity index (χ0n) is 14.4. The Balaban J connectivity index is 1.48. The summed E-state index contributed by atoms with van der Waals surface area (Å²) >= 11 is 0. The second-order valence-corrected chi connectivity index (χ2v) is 6.37. The molecule has 3 rings (SSSR count). The molecular formula is C18H25N3O3. The lowest BCUT2D eigenvalue weighted by molar-refractivity contribution is -0.128. The maximum atomic E-state index is 12.0. The third kappa shape index (κ3) is 4.13. The fourth-order valence-electron chi connectivity index (χ4n) is 3.04. The standard InChI is InChI=1S/C18H25N3O3/c1-13-6-7-17-15(9-13)16(20-21(17)2)10-19-18(22)12-23-11-14-5-3-4-8-24-14/h6-7,9,14H,3-5,8,10-12H2,1-2H3,(H,19,22)/t14-/m0/s1. The van der Waals surface area contributed by atoms with Crippen LogP contribution in [-0.4, -0.2) is 41.6 Å². The Labute approximate surface area is 142 Å². The van der Waals surface area contributed by atoms with E-state index in [1.807, 2.05) is 11.7 Å². The number of hydrogen-bond donors (Lipinski definition) is 1. The van der Waals surface area contributed by atoms with Gasteiger partial charge in [-0.15, -0.1) is 0 Å². The molecule has 0 aliphatic carbocycles. The molecule has 0 saturated carbocycles. The summed E-state index contributed by atoms with van der Waals surface area (Å²) in [6.07, 6.45) is 3.44. The van der Waals surface area contributed by atoms with Gasteiger partial charge in [0.05, 0.1) is 30.5 Å². The third-order valence-electron chi connectivity index (χ3n) is 4.35. The highest BCUT2D eigenvalue weighted by Crippen LogP contribution is 2.19. The molecule has 1 saturated heterocycles. The molecule has 2 heterocycles. The smallest absolute Gasteiger partial charge is 0.246 e. The van der Waals surface area contributed by atoms with Crippen molar-refractivity contribution in [3.05, 3.63) is 29.5 Å². The number of hydrogen-bond acceptors (Lipinski definition) is 4. The van der Waals surface area contributed by atoms with Crippen LogP contribution >= 0.6 is 0 Å². The quantitative estimate of drug-likeness (QED) is 0.880. The largest absolute Gasteiger partial charge is 0.376 e. The van der Waals surface area contributed by atoms with E-state index >= 15 is 0 Å². The van der Waals surface area contributed by atoms with E-state index in [1.54, 1.807) is 0 Å². The summed E-state index contributed by atoms with van der Waals surface area (Å²) in [5.41, 5.74) is 3.12. The predicted molar refractivity (Wildman–Crippen MR) is 91.7 cm³/mol. The van der Waals surface area contributed by atoms with Gasteiger partial charge in [-0.2, -0.15) is 5.10 Å². The summed E-state index contributed by atoms with van der Waals surface area (Å²) in [6.45, 7) is 3.80. The first-order chi connectivity index (χ1) is 11.6. The van der Waals surface area contributed by atoms with Gasteiger partial charge in [-0.25, -0.2) is 0 Å². The summed E-state index contributed by atoms with van der Waals surface area (Å²) in [5, 5.41) is 8.46. The van der Waals surface area contributed by atoms with E-state index in [9.17, 15) is 4.79 Å². The molecule has 2 aromatic rings. The number of carbonyl (C=O) groups is 1. The highest BCUT2D eigenvalue weighted by Gasteiger charge is 2.15. The Bertz CT molecular complexity index is 705. The molecule has 1 aromatic carbocycles. The van der Waals surface area contributed by atoms with Gasteiger partial charge in [0.1, 0.15) is 6.61 Å². The zero-order chi connectivity index (χ0) is 16.9. The Kier molecular flexibility index (Phi) is 5.48. The first-order valence-corrected chi connectivity index (χ1v) is 8.52. The van der Waals surface area contributed by atoms with Crippen LogP contribution in [0.4, 0.5) is 0 Å². The van der Waals surface area contributed by atoms with Crippen LogP contribution in [-0.2, 0) is 27.9 Å². The van der Waals surface area contributed by atoms with E-state index < -0.39 is 0 Å². The van der Waals surface area contributed by atoms with Crippen molar-refractivity contribution in [3.8, 4) is 0 Å². The molecule has 1 N–H and O–H groups in total. The van der Waals surface area contributed by atoms with E-state index in [0.717, 1.165) is 36.0 Å². The van der Waals surface area contributed by atoms with Gasteiger partial charge in [-0.1, -0.05) is 11.6 Å². The molecule has 0 radical (unpaired) electrons. The summed E-state index contributed by atoms with van der Waals surface area (Å²) < 4.78 is 12.9. The van der Waals surface area contributed by atoms with Gasteiger partial charge in [-0.05, 0) is 38.3 Å². The Morgan fingerprint density at radius 3 is 3.12 bits per heavy atom. The molecule has 1 fully saturated rings. The molecule has 6 nitrogen and oxygen atoms in total. The average Bonchev–Trinajstić information content (AvgIpc) is 2.89. The van der Waals surface area contributed by atoms with Crippen molar-refractivity contribution in [2.45, 2.75) is 38.8 Å². The lowest BCUT2D eigenvalue weighted by Gasteiger charge is -2.22. The summed E-state index contributed by atoms with van der Waals surface area (Å²) in [6, 6.07) is 6.21. The number of aromatic nitrogens is 2. The van der Waals surface area contributed by atoms with Crippen LogP contribution in [0.3, 0.4) is 0 Å². The number of ether oxygens (including phenoxy) is 2. The van der Waals surface area contributed by atoms with Crippen molar-refractivity contribution in [2.75, 3.05) is 19.8 Å². The number of fused-ring (bicyclic) bond motifs is 1. The van der Waals surface area contributed by atoms with Crippen molar-refractivity contribution in [2.24, 2.45) is 7.05 Å². The Hall–Kier alpha value is -1.92. The number of nitrogens with zero attached hydrogens (tertiary/aromatic N) is 2. The first-order valence-electron chi connectivity index (χ1n) is 8.52. The SMILES string of the molecule is Cc1ccc2c(c1)c(CNC(=O)COC[C@@H]1CCCCO1)nn2C. The Morgan fingerprint density at radius 2 is 2.33 bits per heavy atom. The van der Waals surface area contributed by atoms with Crippen molar-refractivity contribution < 1.29 is 14.3 Å². The predicted octanol–water partition coefficient (Wildman–Crippen LogP) is 2.08. The summed E-state index contributed by atoms with van der Waals surface area (Å²) in [5.74, 6) is -0.128. The van der Waals surface area contributed by atoms with Crippen molar-refractivity contribution in [1.82, 2.24) is 15.1 Å². The zero-order valence-corrected chi connectivity index (χ0v) is 14.4. The number of carbonyl (C=O) groups excluding carboxylic acids is 1. The third-order valence-corrected chi connectivity index (χ3v) is 4.35. The summed E-state index contributed by atoms with van der Waals surface area (Å²) in [4.78, 5) is 12.0. The number of amides is 1. The van der Waals surface area contributed by atoms with Crippen LogP contribution in [0.15, 0.2) is 18.2 Å². The van der Waals surface area contributed by atoms with Gasteiger partial charge in [0.25, 0.3) is 0 Å². The first kappa shape index (κ1) is 16.9. The van der Waals surface area contributed by atoms with Gasteiger partial charge >= 0.3 is 0 Å². The number of aryl methyl sites for hydroxylation is 2. The second kappa shape index (κ2) is 7.77. The molecule has 1 atom stereocenters. The van der Waals surface area contributed by atoms with E-state index in [2.05, 4.69) is 35.5 Å². The molecule has 0 bridgehead atoms. The van der Waals surface area contributed by atoms with E-state index in [4.69, 9.17) is 9.47 Å². The van der Waals surface area contributed by atoms with Crippen molar-refractivity contribution in [1.29, 1.82) is 0 Å².